The molecular weight excluding hydrogens is 184 g/mol. The average molecular weight is 196 g/mol. The first kappa shape index (κ1) is 11.3. The predicted octanol–water partition coefficient (Wildman–Crippen LogP) is -1.96. The second-order valence-electron chi connectivity index (χ2n) is 2.20. The number of methoxy groups -OCH3 is 1. The summed E-state index contributed by atoms with van der Waals surface area (Å²) in [6.45, 7) is -0.0577. The summed E-state index contributed by atoms with van der Waals surface area (Å²) >= 11 is 0. The van der Waals surface area contributed by atoms with Crippen molar-refractivity contribution in [2.24, 2.45) is 5.73 Å². The molecule has 0 aliphatic carbocycles. The van der Waals surface area contributed by atoms with E-state index in [9.17, 15) is 13.2 Å². The zero-order chi connectivity index (χ0) is 9.78. The van der Waals surface area contributed by atoms with Gasteiger partial charge in [0, 0.05) is 13.7 Å². The third-order valence-electron chi connectivity index (χ3n) is 1.08. The van der Waals surface area contributed by atoms with E-state index in [2.05, 4.69) is 4.74 Å². The topological polar surface area (TPSA) is 98.5 Å². The molecule has 0 saturated heterocycles. The Kier molecular flexibility index (Phi) is 4.15. The van der Waals surface area contributed by atoms with Crippen molar-refractivity contribution in [1.29, 1.82) is 0 Å². The van der Waals surface area contributed by atoms with E-state index in [0.29, 0.717) is 0 Å². The number of rotatable bonds is 4. The molecule has 0 aliphatic heterocycles. The van der Waals surface area contributed by atoms with Crippen LogP contribution in [0.5, 0.6) is 0 Å². The van der Waals surface area contributed by atoms with Crippen LogP contribution >= 0.6 is 0 Å². The Morgan fingerprint density at radius 1 is 1.67 bits per heavy atom. The van der Waals surface area contributed by atoms with E-state index in [1.54, 1.807) is 4.72 Å². The van der Waals surface area contributed by atoms with Crippen LogP contribution in [0.1, 0.15) is 0 Å². The number of carbonyl (C=O) groups is 1. The third kappa shape index (κ3) is 4.27. The third-order valence-corrected chi connectivity index (χ3v) is 1.65. The number of nitrogens with two attached hydrogens (primary N) is 1. The van der Waals surface area contributed by atoms with E-state index in [1.807, 2.05) is 0 Å². The van der Waals surface area contributed by atoms with E-state index < -0.39 is 22.0 Å². The van der Waals surface area contributed by atoms with E-state index in [0.717, 1.165) is 6.26 Å². The van der Waals surface area contributed by atoms with Crippen molar-refractivity contribution in [1.82, 2.24) is 4.72 Å². The lowest BCUT2D eigenvalue weighted by molar-refractivity contribution is -0.128. The van der Waals surface area contributed by atoms with Gasteiger partial charge < -0.3 is 10.5 Å². The lowest BCUT2D eigenvalue weighted by Gasteiger charge is -2.11. The van der Waals surface area contributed by atoms with Crippen LogP contribution in [0.2, 0.25) is 0 Å². The number of carbonyl (C=O) groups excluding carboxylic acids is 1. The molecular formula is C5H12N2O4S. The van der Waals surface area contributed by atoms with E-state index in [1.165, 1.54) is 7.11 Å². The Labute approximate surface area is 71.1 Å². The number of hydrogen-bond acceptors (Lipinski definition) is 5. The van der Waals surface area contributed by atoms with Gasteiger partial charge in [0.1, 0.15) is 6.10 Å². The molecule has 0 heterocycles. The first-order valence-electron chi connectivity index (χ1n) is 3.15. The number of ether oxygens (including phenoxy) is 1. The Hall–Kier alpha value is -0.660. The highest BCUT2D eigenvalue weighted by molar-refractivity contribution is 7.89. The normalized spacial score (nSPS) is 13.9. The van der Waals surface area contributed by atoms with E-state index in [-0.39, 0.29) is 6.54 Å². The SMILES string of the molecule is COC(CN)C(=O)NS(C)(=O)=O. The largest absolute Gasteiger partial charge is 0.370 e. The molecule has 0 aromatic rings. The van der Waals surface area contributed by atoms with Gasteiger partial charge in [0.05, 0.1) is 6.26 Å². The van der Waals surface area contributed by atoms with Gasteiger partial charge in [-0.2, -0.15) is 0 Å². The molecule has 0 radical (unpaired) electrons. The summed E-state index contributed by atoms with van der Waals surface area (Å²) in [5, 5.41) is 0. The monoisotopic (exact) mass is 196 g/mol. The molecule has 3 N–H and O–H groups in total. The van der Waals surface area contributed by atoms with Gasteiger partial charge in [-0.05, 0) is 0 Å². The van der Waals surface area contributed by atoms with Crippen LogP contribution in [-0.2, 0) is 19.6 Å². The maximum absolute atomic E-state index is 10.9. The fourth-order valence-electron chi connectivity index (χ4n) is 0.559. The van der Waals surface area contributed by atoms with Gasteiger partial charge in [-0.3, -0.25) is 9.52 Å². The van der Waals surface area contributed by atoms with Crippen molar-refractivity contribution in [2.45, 2.75) is 6.10 Å². The second kappa shape index (κ2) is 4.39. The van der Waals surface area contributed by atoms with Crippen LogP contribution in [0.25, 0.3) is 0 Å². The maximum Gasteiger partial charge on any atom is 0.263 e. The van der Waals surface area contributed by atoms with Gasteiger partial charge in [-0.1, -0.05) is 0 Å². The molecule has 1 unspecified atom stereocenters. The summed E-state index contributed by atoms with van der Waals surface area (Å²) in [5.41, 5.74) is 5.12. The molecule has 0 saturated carbocycles. The molecule has 0 aromatic heterocycles. The lowest BCUT2D eigenvalue weighted by atomic mass is 10.3. The quantitative estimate of drug-likeness (QED) is 0.543. The Morgan fingerprint density at radius 3 is 2.42 bits per heavy atom. The highest BCUT2D eigenvalue weighted by Gasteiger charge is 2.18. The number of hydrogen-bond donors (Lipinski definition) is 2. The molecule has 7 heteroatoms. The van der Waals surface area contributed by atoms with Gasteiger partial charge in [0.2, 0.25) is 10.0 Å². The zero-order valence-electron chi connectivity index (χ0n) is 6.90. The van der Waals surface area contributed by atoms with Crippen LogP contribution in [0.4, 0.5) is 0 Å². The summed E-state index contributed by atoms with van der Waals surface area (Å²) < 4.78 is 27.5. The Balaban J connectivity index is 4.21. The fraction of sp³-hybridized carbons (Fsp3) is 0.800. The van der Waals surface area contributed by atoms with Gasteiger partial charge in [-0.25, -0.2) is 8.42 Å². The van der Waals surface area contributed by atoms with Crippen molar-refractivity contribution < 1.29 is 17.9 Å². The van der Waals surface area contributed by atoms with Gasteiger partial charge in [0.15, 0.2) is 0 Å². The fourth-order valence-corrected chi connectivity index (χ4v) is 1.06. The Morgan fingerprint density at radius 2 is 2.17 bits per heavy atom. The maximum atomic E-state index is 10.9. The first-order chi connectivity index (χ1) is 5.40. The number of sulfonamides is 1. The summed E-state index contributed by atoms with van der Waals surface area (Å²) in [6.07, 6.45) is -0.0338. The van der Waals surface area contributed by atoms with Crippen LogP contribution in [-0.4, -0.2) is 40.3 Å². The van der Waals surface area contributed by atoms with Crippen molar-refractivity contribution in [2.75, 3.05) is 19.9 Å². The second-order valence-corrected chi connectivity index (χ2v) is 3.95. The van der Waals surface area contributed by atoms with E-state index >= 15 is 0 Å². The zero-order valence-corrected chi connectivity index (χ0v) is 7.72. The average Bonchev–Trinajstić information content (AvgIpc) is 1.85. The minimum atomic E-state index is -3.52. The first-order valence-corrected chi connectivity index (χ1v) is 5.04. The van der Waals surface area contributed by atoms with Crippen LogP contribution in [0, 0.1) is 0 Å². The molecule has 0 bridgehead atoms. The summed E-state index contributed by atoms with van der Waals surface area (Å²) in [5.74, 6) is -0.748. The number of amides is 1. The molecule has 1 amide bonds. The van der Waals surface area contributed by atoms with Crippen LogP contribution in [0.3, 0.4) is 0 Å². The van der Waals surface area contributed by atoms with Crippen LogP contribution in [0.15, 0.2) is 0 Å². The van der Waals surface area contributed by atoms with Gasteiger partial charge >= 0.3 is 0 Å². The molecule has 1 atom stereocenters. The molecule has 0 aliphatic rings. The predicted molar refractivity (Wildman–Crippen MR) is 42.8 cm³/mol. The lowest BCUT2D eigenvalue weighted by Crippen LogP contribution is -2.42. The Bertz CT molecular complexity index is 244. The van der Waals surface area contributed by atoms with Crippen molar-refractivity contribution in [3.8, 4) is 0 Å². The smallest absolute Gasteiger partial charge is 0.263 e. The molecule has 0 aromatic carbocycles. The minimum Gasteiger partial charge on any atom is -0.370 e. The van der Waals surface area contributed by atoms with Gasteiger partial charge in [0.25, 0.3) is 5.91 Å². The molecule has 0 fully saturated rings. The molecule has 6 nitrogen and oxygen atoms in total. The highest BCUT2D eigenvalue weighted by Crippen LogP contribution is 1.88. The summed E-state index contributed by atoms with van der Waals surface area (Å²) in [7, 11) is -2.25. The highest BCUT2D eigenvalue weighted by atomic mass is 32.2. The van der Waals surface area contributed by atoms with Crippen molar-refractivity contribution in [3.05, 3.63) is 0 Å². The molecule has 12 heavy (non-hydrogen) atoms. The van der Waals surface area contributed by atoms with Gasteiger partial charge in [-0.15, -0.1) is 0 Å². The van der Waals surface area contributed by atoms with Crippen LogP contribution < -0.4 is 10.5 Å². The molecule has 0 spiro atoms. The minimum absolute atomic E-state index is 0.0577. The molecule has 72 valence electrons. The number of nitrogens with one attached hydrogen (secondary N) is 1. The summed E-state index contributed by atoms with van der Waals surface area (Å²) in [4.78, 5) is 10.9. The molecule has 0 rings (SSSR count). The van der Waals surface area contributed by atoms with Crippen molar-refractivity contribution >= 4 is 15.9 Å². The standard InChI is InChI=1S/C5H12N2O4S/c1-11-4(3-6)5(8)7-12(2,9)10/h4H,3,6H2,1-2H3,(H,7,8). The van der Waals surface area contributed by atoms with E-state index in [4.69, 9.17) is 5.73 Å². The van der Waals surface area contributed by atoms with Crippen molar-refractivity contribution in [3.63, 3.8) is 0 Å². The summed E-state index contributed by atoms with van der Waals surface area (Å²) in [6, 6.07) is 0.